The van der Waals surface area contributed by atoms with Crippen LogP contribution in [0, 0.1) is 5.92 Å². The van der Waals surface area contributed by atoms with Crippen LogP contribution in [0.4, 0.5) is 5.82 Å². The Hall–Kier alpha value is -2.49. The summed E-state index contributed by atoms with van der Waals surface area (Å²) in [6.45, 7) is 4.46. The third-order valence-electron chi connectivity index (χ3n) is 4.59. The molecule has 3 aromatic rings. The standard InChI is InChI=1S/C19H20N4/c1-14-8-11-23(12-9-14)19-16-6-2-3-7-17(16)21-18(22-19)15-5-4-10-20-13-15/h2-7,10,13-14H,8-9,11-12H2,1H3. The zero-order valence-electron chi connectivity index (χ0n) is 13.3. The average Bonchev–Trinajstić information content (AvgIpc) is 2.62. The number of piperidine rings is 1. The minimum atomic E-state index is 0.755. The Morgan fingerprint density at radius 1 is 1.00 bits per heavy atom. The van der Waals surface area contributed by atoms with Gasteiger partial charge in [-0.25, -0.2) is 9.97 Å². The van der Waals surface area contributed by atoms with Crippen molar-refractivity contribution >= 4 is 16.7 Å². The molecule has 0 saturated carbocycles. The van der Waals surface area contributed by atoms with E-state index in [1.54, 1.807) is 6.20 Å². The van der Waals surface area contributed by atoms with Crippen LogP contribution in [0.3, 0.4) is 0 Å². The lowest BCUT2D eigenvalue weighted by Crippen LogP contribution is -2.33. The molecule has 3 heterocycles. The Morgan fingerprint density at radius 2 is 1.83 bits per heavy atom. The Bertz CT molecular complexity index is 808. The summed E-state index contributed by atoms with van der Waals surface area (Å²) in [6.07, 6.45) is 6.05. The highest BCUT2D eigenvalue weighted by molar-refractivity contribution is 5.91. The molecule has 0 bridgehead atoms. The minimum Gasteiger partial charge on any atom is -0.356 e. The molecule has 4 heteroatoms. The summed E-state index contributed by atoms with van der Waals surface area (Å²) in [5.41, 5.74) is 1.96. The van der Waals surface area contributed by atoms with Crippen LogP contribution in [-0.2, 0) is 0 Å². The quantitative estimate of drug-likeness (QED) is 0.719. The first-order valence-corrected chi connectivity index (χ1v) is 8.23. The fourth-order valence-electron chi connectivity index (χ4n) is 3.15. The van der Waals surface area contributed by atoms with Gasteiger partial charge in [-0.2, -0.15) is 0 Å². The second kappa shape index (κ2) is 5.95. The fraction of sp³-hybridized carbons (Fsp3) is 0.316. The van der Waals surface area contributed by atoms with Crippen LogP contribution in [-0.4, -0.2) is 28.0 Å². The van der Waals surface area contributed by atoms with Crippen molar-refractivity contribution in [2.45, 2.75) is 19.8 Å². The molecule has 0 spiro atoms. The zero-order valence-corrected chi connectivity index (χ0v) is 13.3. The average molecular weight is 304 g/mol. The van der Waals surface area contributed by atoms with Gasteiger partial charge in [-0.3, -0.25) is 4.98 Å². The molecule has 23 heavy (non-hydrogen) atoms. The monoisotopic (exact) mass is 304 g/mol. The molecular formula is C19H20N4. The maximum atomic E-state index is 4.89. The summed E-state index contributed by atoms with van der Waals surface area (Å²) in [5, 5.41) is 1.13. The lowest BCUT2D eigenvalue weighted by molar-refractivity contribution is 0.437. The number of fused-ring (bicyclic) bond motifs is 1. The summed E-state index contributed by atoms with van der Waals surface area (Å²) in [6, 6.07) is 12.2. The first-order chi connectivity index (χ1) is 11.3. The topological polar surface area (TPSA) is 41.9 Å². The molecule has 1 aliphatic heterocycles. The molecule has 0 amide bonds. The SMILES string of the molecule is CC1CCN(c2nc(-c3cccnc3)nc3ccccc23)CC1. The highest BCUT2D eigenvalue weighted by Gasteiger charge is 2.20. The van der Waals surface area contributed by atoms with Crippen molar-refractivity contribution < 1.29 is 0 Å². The first kappa shape index (κ1) is 14.1. The molecule has 0 aliphatic carbocycles. The van der Waals surface area contributed by atoms with Gasteiger partial charge < -0.3 is 4.90 Å². The molecular weight excluding hydrogens is 284 g/mol. The van der Waals surface area contributed by atoms with Gasteiger partial charge in [0.25, 0.3) is 0 Å². The van der Waals surface area contributed by atoms with Crippen LogP contribution >= 0.6 is 0 Å². The van der Waals surface area contributed by atoms with Crippen LogP contribution in [0.1, 0.15) is 19.8 Å². The van der Waals surface area contributed by atoms with Crippen molar-refractivity contribution in [1.29, 1.82) is 0 Å². The van der Waals surface area contributed by atoms with Gasteiger partial charge >= 0.3 is 0 Å². The highest BCUT2D eigenvalue weighted by Crippen LogP contribution is 2.30. The van der Waals surface area contributed by atoms with E-state index in [2.05, 4.69) is 35.0 Å². The van der Waals surface area contributed by atoms with Crippen molar-refractivity contribution in [1.82, 2.24) is 15.0 Å². The molecule has 0 unspecified atom stereocenters. The molecule has 0 radical (unpaired) electrons. The van der Waals surface area contributed by atoms with Gasteiger partial charge in [-0.15, -0.1) is 0 Å². The Labute approximate surface area is 136 Å². The van der Waals surface area contributed by atoms with Crippen molar-refractivity contribution in [2.75, 3.05) is 18.0 Å². The van der Waals surface area contributed by atoms with E-state index in [-0.39, 0.29) is 0 Å². The van der Waals surface area contributed by atoms with Crippen molar-refractivity contribution in [3.63, 3.8) is 0 Å². The number of aromatic nitrogens is 3. The summed E-state index contributed by atoms with van der Waals surface area (Å²) < 4.78 is 0. The molecule has 1 aliphatic rings. The predicted molar refractivity (Wildman–Crippen MR) is 93.4 cm³/mol. The third kappa shape index (κ3) is 2.77. The second-order valence-electron chi connectivity index (χ2n) is 6.30. The maximum absolute atomic E-state index is 4.89. The van der Waals surface area contributed by atoms with Gasteiger partial charge in [0, 0.05) is 36.4 Å². The van der Waals surface area contributed by atoms with Crippen LogP contribution < -0.4 is 4.90 Å². The van der Waals surface area contributed by atoms with E-state index in [9.17, 15) is 0 Å². The number of hydrogen-bond donors (Lipinski definition) is 0. The lowest BCUT2D eigenvalue weighted by Gasteiger charge is -2.32. The largest absolute Gasteiger partial charge is 0.356 e. The van der Waals surface area contributed by atoms with Gasteiger partial charge in [-0.1, -0.05) is 19.1 Å². The number of benzene rings is 1. The van der Waals surface area contributed by atoms with Gasteiger partial charge in [-0.05, 0) is 43.0 Å². The number of anilines is 1. The fourth-order valence-corrected chi connectivity index (χ4v) is 3.15. The van der Waals surface area contributed by atoms with E-state index in [0.717, 1.165) is 47.1 Å². The summed E-state index contributed by atoms with van der Waals surface area (Å²) in [5.74, 6) is 2.61. The number of hydrogen-bond acceptors (Lipinski definition) is 4. The van der Waals surface area contributed by atoms with Gasteiger partial charge in [0.05, 0.1) is 5.52 Å². The second-order valence-corrected chi connectivity index (χ2v) is 6.30. The molecule has 1 aromatic carbocycles. The Kier molecular flexibility index (Phi) is 3.66. The van der Waals surface area contributed by atoms with E-state index >= 15 is 0 Å². The smallest absolute Gasteiger partial charge is 0.163 e. The first-order valence-electron chi connectivity index (χ1n) is 8.23. The normalized spacial score (nSPS) is 16.0. The van der Waals surface area contributed by atoms with Crippen LogP contribution in [0.25, 0.3) is 22.3 Å². The molecule has 0 atom stereocenters. The number of nitrogens with zero attached hydrogens (tertiary/aromatic N) is 4. The number of pyridine rings is 1. The van der Waals surface area contributed by atoms with Crippen LogP contribution in [0.2, 0.25) is 0 Å². The van der Waals surface area contributed by atoms with Crippen molar-refractivity contribution in [3.05, 3.63) is 48.8 Å². The van der Waals surface area contributed by atoms with E-state index < -0.39 is 0 Å². The summed E-state index contributed by atoms with van der Waals surface area (Å²) in [7, 11) is 0. The molecule has 116 valence electrons. The number of para-hydroxylation sites is 1. The highest BCUT2D eigenvalue weighted by atomic mass is 15.2. The Morgan fingerprint density at radius 3 is 2.61 bits per heavy atom. The summed E-state index contributed by atoms with van der Waals surface area (Å²) >= 11 is 0. The molecule has 1 fully saturated rings. The predicted octanol–water partition coefficient (Wildman–Crippen LogP) is 3.93. The lowest BCUT2D eigenvalue weighted by atomic mass is 9.99. The molecule has 0 N–H and O–H groups in total. The molecule has 4 rings (SSSR count). The minimum absolute atomic E-state index is 0.755. The maximum Gasteiger partial charge on any atom is 0.163 e. The van der Waals surface area contributed by atoms with Gasteiger partial charge in [0.15, 0.2) is 5.82 Å². The van der Waals surface area contributed by atoms with Crippen LogP contribution in [0.5, 0.6) is 0 Å². The number of rotatable bonds is 2. The van der Waals surface area contributed by atoms with Gasteiger partial charge in [0.2, 0.25) is 0 Å². The molecule has 1 saturated heterocycles. The Balaban J connectivity index is 1.84. The zero-order chi connectivity index (χ0) is 15.6. The van der Waals surface area contributed by atoms with Crippen LogP contribution in [0.15, 0.2) is 48.8 Å². The molecule has 4 nitrogen and oxygen atoms in total. The van der Waals surface area contributed by atoms with E-state index in [1.807, 2.05) is 24.4 Å². The van der Waals surface area contributed by atoms with Crippen molar-refractivity contribution in [3.8, 4) is 11.4 Å². The van der Waals surface area contributed by atoms with E-state index in [4.69, 9.17) is 9.97 Å². The third-order valence-corrected chi connectivity index (χ3v) is 4.59. The van der Waals surface area contributed by atoms with Crippen molar-refractivity contribution in [2.24, 2.45) is 5.92 Å². The molecule has 2 aromatic heterocycles. The van der Waals surface area contributed by atoms with E-state index in [1.165, 1.54) is 12.8 Å². The van der Waals surface area contributed by atoms with E-state index in [0.29, 0.717) is 0 Å². The summed E-state index contributed by atoms with van der Waals surface area (Å²) in [4.78, 5) is 16.2. The van der Waals surface area contributed by atoms with Gasteiger partial charge in [0.1, 0.15) is 5.82 Å².